The molecular formula is C21H21N5O. The highest BCUT2D eigenvalue weighted by Gasteiger charge is 2.40. The average molecular weight is 359 g/mol. The van der Waals surface area contributed by atoms with Crippen LogP contribution in [0.2, 0.25) is 0 Å². The lowest BCUT2D eigenvalue weighted by Gasteiger charge is -2.30. The molecule has 0 aliphatic carbocycles. The van der Waals surface area contributed by atoms with Crippen molar-refractivity contribution in [2.75, 3.05) is 7.05 Å². The lowest BCUT2D eigenvalue weighted by Crippen LogP contribution is -2.36. The molecule has 0 amide bonds. The van der Waals surface area contributed by atoms with E-state index in [9.17, 15) is 0 Å². The van der Waals surface area contributed by atoms with Gasteiger partial charge in [-0.1, -0.05) is 17.1 Å². The van der Waals surface area contributed by atoms with E-state index in [-0.39, 0.29) is 11.6 Å². The highest BCUT2D eigenvalue weighted by atomic mass is 16.5. The average Bonchev–Trinajstić information content (AvgIpc) is 3.27. The monoisotopic (exact) mass is 359 g/mol. The quantitative estimate of drug-likeness (QED) is 0.653. The Hall–Kier alpha value is -3.04. The number of rotatable bonds is 2. The maximum atomic E-state index is 5.52. The Morgan fingerprint density at radius 1 is 1.15 bits per heavy atom. The summed E-state index contributed by atoms with van der Waals surface area (Å²) in [4.78, 5) is 15.5. The zero-order valence-electron chi connectivity index (χ0n) is 15.7. The van der Waals surface area contributed by atoms with E-state index >= 15 is 0 Å². The summed E-state index contributed by atoms with van der Waals surface area (Å²) in [6, 6.07) is 9.57. The lowest BCUT2D eigenvalue weighted by atomic mass is 10.0. The van der Waals surface area contributed by atoms with Crippen molar-refractivity contribution in [3.05, 3.63) is 59.9 Å². The van der Waals surface area contributed by atoms with E-state index < -0.39 is 0 Å². The summed E-state index contributed by atoms with van der Waals surface area (Å²) in [5, 5.41) is 4.12. The summed E-state index contributed by atoms with van der Waals surface area (Å²) in [5.74, 6) is 7.23. The van der Waals surface area contributed by atoms with Gasteiger partial charge in [0.2, 0.25) is 11.7 Å². The third kappa shape index (κ3) is 3.60. The predicted molar refractivity (Wildman–Crippen MR) is 102 cm³/mol. The molecule has 3 aromatic rings. The first-order chi connectivity index (χ1) is 13.0. The van der Waals surface area contributed by atoms with Crippen LogP contribution < -0.4 is 0 Å². The molecule has 1 unspecified atom stereocenters. The molecule has 6 heteroatoms. The number of hydrogen-bond acceptors (Lipinski definition) is 6. The van der Waals surface area contributed by atoms with Crippen LogP contribution in [0.1, 0.15) is 49.9 Å². The second-order valence-electron chi connectivity index (χ2n) is 7.33. The summed E-state index contributed by atoms with van der Waals surface area (Å²) in [6.07, 6.45) is 5.56. The zero-order valence-corrected chi connectivity index (χ0v) is 15.7. The van der Waals surface area contributed by atoms with Crippen molar-refractivity contribution in [1.82, 2.24) is 25.0 Å². The minimum absolute atomic E-state index is 0.144. The van der Waals surface area contributed by atoms with Crippen LogP contribution in [0.5, 0.6) is 0 Å². The van der Waals surface area contributed by atoms with Crippen LogP contribution in [-0.4, -0.2) is 37.6 Å². The van der Waals surface area contributed by atoms with Crippen LogP contribution in [0.3, 0.4) is 0 Å². The van der Waals surface area contributed by atoms with Gasteiger partial charge in [0.1, 0.15) is 11.4 Å². The number of hydrogen-bond donors (Lipinski definition) is 0. The molecule has 0 aromatic carbocycles. The van der Waals surface area contributed by atoms with Crippen LogP contribution in [0, 0.1) is 11.8 Å². The molecule has 3 aromatic heterocycles. The van der Waals surface area contributed by atoms with Gasteiger partial charge in [-0.3, -0.25) is 9.88 Å². The highest BCUT2D eigenvalue weighted by molar-refractivity contribution is 5.50. The third-order valence-corrected chi connectivity index (χ3v) is 5.17. The molecule has 0 saturated carbocycles. The van der Waals surface area contributed by atoms with Gasteiger partial charge in [0.25, 0.3) is 0 Å². The molecule has 4 heterocycles. The van der Waals surface area contributed by atoms with E-state index in [1.54, 1.807) is 12.4 Å². The summed E-state index contributed by atoms with van der Waals surface area (Å²) >= 11 is 0. The predicted octanol–water partition coefficient (Wildman–Crippen LogP) is 3.47. The molecule has 1 aliphatic rings. The van der Waals surface area contributed by atoms with E-state index in [0.717, 1.165) is 24.1 Å². The Morgan fingerprint density at radius 3 is 2.70 bits per heavy atom. The molecule has 0 spiro atoms. The number of aromatic nitrogens is 4. The molecule has 4 rings (SSSR count). The van der Waals surface area contributed by atoms with Gasteiger partial charge >= 0.3 is 0 Å². The van der Waals surface area contributed by atoms with Crippen molar-refractivity contribution in [2.45, 2.75) is 38.3 Å². The Morgan fingerprint density at radius 2 is 2.04 bits per heavy atom. The van der Waals surface area contributed by atoms with Gasteiger partial charge in [-0.25, -0.2) is 4.98 Å². The molecule has 0 radical (unpaired) electrons. The van der Waals surface area contributed by atoms with E-state index in [4.69, 9.17) is 4.52 Å². The normalized spacial score (nSPS) is 18.9. The molecule has 136 valence electrons. The Kier molecular flexibility index (Phi) is 4.46. The standard InChI is InChI=1S/C21H21N5O/c1-21(2)12-11-18(26(21)3)20-24-19(25-27-20)17-10-8-15(14-23-17)7-9-16-6-4-5-13-22-16/h4-6,8,10,13-14,18H,11-12H2,1-3H3. The van der Waals surface area contributed by atoms with Crippen LogP contribution in [0.25, 0.3) is 11.5 Å². The molecule has 0 bridgehead atoms. The van der Waals surface area contributed by atoms with Gasteiger partial charge in [-0.05, 0) is 63.9 Å². The van der Waals surface area contributed by atoms with Crippen molar-refractivity contribution < 1.29 is 4.52 Å². The van der Waals surface area contributed by atoms with Crippen molar-refractivity contribution in [2.24, 2.45) is 0 Å². The molecule has 0 N–H and O–H groups in total. The fourth-order valence-corrected chi connectivity index (χ4v) is 3.22. The van der Waals surface area contributed by atoms with Crippen molar-refractivity contribution in [3.63, 3.8) is 0 Å². The summed E-state index contributed by atoms with van der Waals surface area (Å²) < 4.78 is 5.52. The second kappa shape index (κ2) is 6.93. The first kappa shape index (κ1) is 17.4. The Labute approximate surface area is 158 Å². The fourth-order valence-electron chi connectivity index (χ4n) is 3.22. The topological polar surface area (TPSA) is 67.9 Å². The number of likely N-dealkylation sites (tertiary alicyclic amines) is 1. The van der Waals surface area contributed by atoms with Crippen LogP contribution >= 0.6 is 0 Å². The fraction of sp³-hybridized carbons (Fsp3) is 0.333. The van der Waals surface area contributed by atoms with Crippen LogP contribution in [0.4, 0.5) is 0 Å². The molecule has 1 aliphatic heterocycles. The third-order valence-electron chi connectivity index (χ3n) is 5.17. The van der Waals surface area contributed by atoms with Gasteiger partial charge in [-0.15, -0.1) is 0 Å². The maximum absolute atomic E-state index is 5.52. The molecule has 6 nitrogen and oxygen atoms in total. The summed E-state index contributed by atoms with van der Waals surface area (Å²) in [6.45, 7) is 4.47. The Balaban J connectivity index is 1.51. The van der Waals surface area contributed by atoms with Crippen molar-refractivity contribution in [3.8, 4) is 23.4 Å². The van der Waals surface area contributed by atoms with Crippen molar-refractivity contribution in [1.29, 1.82) is 0 Å². The maximum Gasteiger partial charge on any atom is 0.244 e. The molecule has 27 heavy (non-hydrogen) atoms. The van der Waals surface area contributed by atoms with Crippen LogP contribution in [-0.2, 0) is 0 Å². The highest BCUT2D eigenvalue weighted by Crippen LogP contribution is 2.40. The second-order valence-corrected chi connectivity index (χ2v) is 7.33. The van der Waals surface area contributed by atoms with E-state index in [1.165, 1.54) is 0 Å². The summed E-state index contributed by atoms with van der Waals surface area (Å²) in [7, 11) is 2.11. The zero-order chi connectivity index (χ0) is 18.9. The van der Waals surface area contributed by atoms with Crippen molar-refractivity contribution >= 4 is 0 Å². The molecule has 1 saturated heterocycles. The number of nitrogens with zero attached hydrogens (tertiary/aromatic N) is 5. The first-order valence-electron chi connectivity index (χ1n) is 8.99. The van der Waals surface area contributed by atoms with Gasteiger partial charge in [0.15, 0.2) is 0 Å². The largest absolute Gasteiger partial charge is 0.337 e. The molecular weight excluding hydrogens is 338 g/mol. The SMILES string of the molecule is CN1C(c2nc(-c3ccc(C#Cc4ccccn4)cn3)no2)CCC1(C)C. The minimum atomic E-state index is 0.144. The van der Waals surface area contributed by atoms with Crippen LogP contribution in [0.15, 0.2) is 47.2 Å². The smallest absolute Gasteiger partial charge is 0.244 e. The van der Waals surface area contributed by atoms with Gasteiger partial charge in [0.05, 0.1) is 6.04 Å². The molecule has 1 fully saturated rings. The minimum Gasteiger partial charge on any atom is -0.337 e. The van der Waals surface area contributed by atoms with E-state index in [0.29, 0.717) is 17.4 Å². The number of pyridine rings is 2. The summed E-state index contributed by atoms with van der Waals surface area (Å²) in [5.41, 5.74) is 2.36. The van der Waals surface area contributed by atoms with Gasteiger partial charge in [0, 0.05) is 23.5 Å². The van der Waals surface area contributed by atoms with E-state index in [1.807, 2.05) is 30.3 Å². The first-order valence-corrected chi connectivity index (χ1v) is 8.99. The van der Waals surface area contributed by atoms with E-state index in [2.05, 4.69) is 57.7 Å². The van der Waals surface area contributed by atoms with Gasteiger partial charge < -0.3 is 4.52 Å². The Bertz CT molecular complexity index is 983. The lowest BCUT2D eigenvalue weighted by molar-refractivity contribution is 0.146. The van der Waals surface area contributed by atoms with Gasteiger partial charge in [-0.2, -0.15) is 4.98 Å². The molecule has 1 atom stereocenters.